The zero-order valence-corrected chi connectivity index (χ0v) is 14.1. The van der Waals surface area contributed by atoms with Crippen LogP contribution in [0.2, 0.25) is 5.02 Å². The van der Waals surface area contributed by atoms with Crippen LogP contribution in [0.5, 0.6) is 0 Å². The van der Waals surface area contributed by atoms with Crippen LogP contribution in [0.4, 0.5) is 0 Å². The number of hydrogen-bond acceptors (Lipinski definition) is 2. The normalized spacial score (nSPS) is 19.4. The number of halogens is 1. The maximum atomic E-state index is 6.05. The van der Waals surface area contributed by atoms with Crippen LogP contribution in [0.15, 0.2) is 24.3 Å². The fourth-order valence-corrected chi connectivity index (χ4v) is 3.59. The van der Waals surface area contributed by atoms with Gasteiger partial charge in [0.2, 0.25) is 0 Å². The molecule has 0 amide bonds. The van der Waals surface area contributed by atoms with E-state index >= 15 is 0 Å². The van der Waals surface area contributed by atoms with E-state index in [1.165, 1.54) is 37.7 Å². The highest BCUT2D eigenvalue weighted by atomic mass is 35.5. The summed E-state index contributed by atoms with van der Waals surface area (Å²) in [6, 6.07) is 8.61. The predicted molar refractivity (Wildman–Crippen MR) is 90.1 cm³/mol. The molecule has 3 heteroatoms. The summed E-state index contributed by atoms with van der Waals surface area (Å²) in [7, 11) is 1.88. The molecular formula is C18H28ClNO. The Morgan fingerprint density at radius 1 is 1.19 bits per heavy atom. The molecule has 0 aliphatic heterocycles. The molecule has 0 saturated heterocycles. The maximum Gasteiger partial charge on any atom is 0.0834 e. The molecule has 1 aliphatic rings. The standard InChI is InChI=1S/C18H28ClNO/c1-3-13-20-17(14-15-7-9-16(19)10-8-15)18(21-2)11-5-4-6-12-18/h7-10,17,20H,3-6,11-14H2,1-2H3. The molecule has 2 nitrogen and oxygen atoms in total. The van der Waals surface area contributed by atoms with Crippen molar-refractivity contribution < 1.29 is 4.74 Å². The van der Waals surface area contributed by atoms with E-state index in [1.54, 1.807) is 0 Å². The predicted octanol–water partition coefficient (Wildman–Crippen LogP) is 4.60. The van der Waals surface area contributed by atoms with Crippen molar-refractivity contribution in [2.24, 2.45) is 0 Å². The van der Waals surface area contributed by atoms with Gasteiger partial charge in [0, 0.05) is 18.2 Å². The number of benzene rings is 1. The van der Waals surface area contributed by atoms with E-state index in [1.807, 2.05) is 19.2 Å². The average Bonchev–Trinajstić information content (AvgIpc) is 2.54. The Bertz CT molecular complexity index is 412. The first-order valence-electron chi connectivity index (χ1n) is 8.23. The number of hydrogen-bond donors (Lipinski definition) is 1. The van der Waals surface area contributed by atoms with Gasteiger partial charge in [0.1, 0.15) is 0 Å². The van der Waals surface area contributed by atoms with Crippen molar-refractivity contribution in [2.45, 2.75) is 63.5 Å². The van der Waals surface area contributed by atoms with Crippen LogP contribution in [0.25, 0.3) is 0 Å². The molecule has 0 bridgehead atoms. The molecule has 21 heavy (non-hydrogen) atoms. The first kappa shape index (κ1) is 16.8. The van der Waals surface area contributed by atoms with E-state index < -0.39 is 0 Å². The maximum absolute atomic E-state index is 6.05. The molecule has 0 radical (unpaired) electrons. The van der Waals surface area contributed by atoms with E-state index in [4.69, 9.17) is 16.3 Å². The third kappa shape index (κ3) is 4.45. The van der Waals surface area contributed by atoms with Crippen molar-refractivity contribution in [2.75, 3.05) is 13.7 Å². The van der Waals surface area contributed by atoms with E-state index in [9.17, 15) is 0 Å². The van der Waals surface area contributed by atoms with Gasteiger partial charge in [0.15, 0.2) is 0 Å². The van der Waals surface area contributed by atoms with Gasteiger partial charge in [-0.1, -0.05) is 49.9 Å². The van der Waals surface area contributed by atoms with Gasteiger partial charge in [-0.15, -0.1) is 0 Å². The number of methoxy groups -OCH3 is 1. The molecule has 1 aromatic rings. The minimum atomic E-state index is -0.00689. The van der Waals surface area contributed by atoms with Crippen molar-refractivity contribution >= 4 is 11.6 Å². The Kier molecular flexibility index (Phi) is 6.53. The molecule has 1 atom stereocenters. The van der Waals surface area contributed by atoms with Crippen LogP contribution in [-0.2, 0) is 11.2 Å². The van der Waals surface area contributed by atoms with E-state index in [-0.39, 0.29) is 5.60 Å². The third-order valence-corrected chi connectivity index (χ3v) is 4.99. The second-order valence-corrected chi connectivity index (χ2v) is 6.60. The van der Waals surface area contributed by atoms with Crippen molar-refractivity contribution in [3.05, 3.63) is 34.9 Å². The van der Waals surface area contributed by atoms with Crippen LogP contribution in [-0.4, -0.2) is 25.3 Å². The fourth-order valence-electron chi connectivity index (χ4n) is 3.46. The van der Waals surface area contributed by atoms with Gasteiger partial charge in [-0.05, 0) is 49.9 Å². The molecule has 1 aliphatic carbocycles. The van der Waals surface area contributed by atoms with Crippen LogP contribution in [0, 0.1) is 0 Å². The van der Waals surface area contributed by atoms with Gasteiger partial charge >= 0.3 is 0 Å². The minimum Gasteiger partial charge on any atom is -0.377 e. The molecule has 0 spiro atoms. The van der Waals surface area contributed by atoms with Crippen LogP contribution < -0.4 is 5.32 Å². The van der Waals surface area contributed by atoms with Gasteiger partial charge in [-0.2, -0.15) is 0 Å². The first-order valence-corrected chi connectivity index (χ1v) is 8.61. The quantitative estimate of drug-likeness (QED) is 0.794. The highest BCUT2D eigenvalue weighted by molar-refractivity contribution is 6.30. The monoisotopic (exact) mass is 309 g/mol. The van der Waals surface area contributed by atoms with E-state index in [2.05, 4.69) is 24.4 Å². The average molecular weight is 310 g/mol. The smallest absolute Gasteiger partial charge is 0.0834 e. The zero-order chi connectivity index (χ0) is 15.1. The van der Waals surface area contributed by atoms with Crippen LogP contribution in [0.3, 0.4) is 0 Å². The molecule has 1 unspecified atom stereocenters. The third-order valence-electron chi connectivity index (χ3n) is 4.74. The van der Waals surface area contributed by atoms with E-state index in [0.29, 0.717) is 6.04 Å². The van der Waals surface area contributed by atoms with Gasteiger partial charge in [-0.25, -0.2) is 0 Å². The Morgan fingerprint density at radius 2 is 1.86 bits per heavy atom. The summed E-state index contributed by atoms with van der Waals surface area (Å²) in [6.07, 6.45) is 8.38. The van der Waals surface area contributed by atoms with E-state index in [0.717, 1.165) is 24.4 Å². The van der Waals surface area contributed by atoms with Gasteiger partial charge in [0.05, 0.1) is 5.60 Å². The number of ether oxygens (including phenoxy) is 1. The molecule has 1 fully saturated rings. The Balaban J connectivity index is 2.13. The molecule has 1 saturated carbocycles. The first-order chi connectivity index (χ1) is 10.2. The molecule has 118 valence electrons. The Morgan fingerprint density at radius 3 is 2.43 bits per heavy atom. The number of nitrogens with one attached hydrogen (secondary N) is 1. The minimum absolute atomic E-state index is 0.00689. The zero-order valence-electron chi connectivity index (χ0n) is 13.3. The lowest BCUT2D eigenvalue weighted by atomic mass is 9.77. The Hall–Kier alpha value is -0.570. The van der Waals surface area contributed by atoms with Crippen molar-refractivity contribution in [1.82, 2.24) is 5.32 Å². The lowest BCUT2D eigenvalue weighted by Gasteiger charge is -2.43. The largest absolute Gasteiger partial charge is 0.377 e. The fraction of sp³-hybridized carbons (Fsp3) is 0.667. The van der Waals surface area contributed by atoms with Crippen LogP contribution in [0.1, 0.15) is 51.0 Å². The summed E-state index contributed by atoms with van der Waals surface area (Å²) in [6.45, 7) is 3.26. The van der Waals surface area contributed by atoms with Gasteiger partial charge in [-0.3, -0.25) is 0 Å². The van der Waals surface area contributed by atoms with Crippen molar-refractivity contribution in [3.8, 4) is 0 Å². The summed E-state index contributed by atoms with van der Waals surface area (Å²) in [5.74, 6) is 0. The van der Waals surface area contributed by atoms with Gasteiger partial charge < -0.3 is 10.1 Å². The summed E-state index contributed by atoms with van der Waals surface area (Å²) in [4.78, 5) is 0. The second-order valence-electron chi connectivity index (χ2n) is 6.17. The molecule has 1 N–H and O–H groups in total. The molecule has 1 aromatic carbocycles. The van der Waals surface area contributed by atoms with Gasteiger partial charge in [0.25, 0.3) is 0 Å². The topological polar surface area (TPSA) is 21.3 Å². The molecular weight excluding hydrogens is 282 g/mol. The molecule has 2 rings (SSSR count). The molecule has 0 heterocycles. The molecule has 0 aromatic heterocycles. The number of rotatable bonds is 7. The lowest BCUT2D eigenvalue weighted by molar-refractivity contribution is -0.0672. The highest BCUT2D eigenvalue weighted by Crippen LogP contribution is 2.35. The van der Waals surface area contributed by atoms with Crippen molar-refractivity contribution in [1.29, 1.82) is 0 Å². The summed E-state index contributed by atoms with van der Waals surface area (Å²) < 4.78 is 6.05. The van der Waals surface area contributed by atoms with Crippen molar-refractivity contribution in [3.63, 3.8) is 0 Å². The highest BCUT2D eigenvalue weighted by Gasteiger charge is 2.39. The van der Waals surface area contributed by atoms with Crippen LogP contribution >= 0.6 is 11.6 Å². The Labute approximate surface area is 134 Å². The summed E-state index contributed by atoms with van der Waals surface area (Å²) >= 11 is 5.99. The lowest BCUT2D eigenvalue weighted by Crippen LogP contribution is -2.54. The summed E-state index contributed by atoms with van der Waals surface area (Å²) in [5, 5.41) is 4.54. The second kappa shape index (κ2) is 8.17. The SMILES string of the molecule is CCCNC(Cc1ccc(Cl)cc1)C1(OC)CCCCC1. The summed E-state index contributed by atoms with van der Waals surface area (Å²) in [5.41, 5.74) is 1.32.